The second-order valence-corrected chi connectivity index (χ2v) is 7.04. The van der Waals surface area contributed by atoms with E-state index in [4.69, 9.17) is 0 Å². The van der Waals surface area contributed by atoms with Crippen LogP contribution in [0.5, 0.6) is 0 Å². The third-order valence-corrected chi connectivity index (χ3v) is 4.24. The van der Waals surface area contributed by atoms with Crippen LogP contribution < -0.4 is 5.32 Å². The topological polar surface area (TPSA) is 55.9 Å². The summed E-state index contributed by atoms with van der Waals surface area (Å²) in [6.07, 6.45) is 0. The van der Waals surface area contributed by atoms with Crippen molar-refractivity contribution in [3.8, 4) is 0 Å². The number of nitrogens with zero attached hydrogens (tertiary/aromatic N) is 3. The van der Waals surface area contributed by atoms with Crippen molar-refractivity contribution < 1.29 is 9.59 Å². The summed E-state index contributed by atoms with van der Waals surface area (Å²) in [5, 5.41) is 2.91. The van der Waals surface area contributed by atoms with Gasteiger partial charge in [-0.1, -0.05) is 30.3 Å². The van der Waals surface area contributed by atoms with Crippen LogP contribution in [0.25, 0.3) is 0 Å². The lowest BCUT2D eigenvalue weighted by Crippen LogP contribution is -2.53. The highest BCUT2D eigenvalue weighted by Crippen LogP contribution is 2.06. The molecule has 1 aromatic rings. The van der Waals surface area contributed by atoms with Crippen molar-refractivity contribution in [2.24, 2.45) is 0 Å². The minimum atomic E-state index is 0.0531. The number of hydrogen-bond donors (Lipinski definition) is 1. The maximum atomic E-state index is 12.5. The first-order valence-corrected chi connectivity index (χ1v) is 8.96. The predicted molar refractivity (Wildman–Crippen MR) is 99.1 cm³/mol. The van der Waals surface area contributed by atoms with Gasteiger partial charge in [0, 0.05) is 38.8 Å². The summed E-state index contributed by atoms with van der Waals surface area (Å²) in [5.74, 6) is 0.210. The van der Waals surface area contributed by atoms with Crippen LogP contribution in [0.4, 0.5) is 0 Å². The maximum absolute atomic E-state index is 12.5. The number of rotatable bonds is 7. The van der Waals surface area contributed by atoms with Crippen LogP contribution in [0.15, 0.2) is 30.3 Å². The van der Waals surface area contributed by atoms with Crippen molar-refractivity contribution in [2.45, 2.75) is 26.4 Å². The first-order valence-electron chi connectivity index (χ1n) is 8.96. The fourth-order valence-electron chi connectivity index (χ4n) is 3.01. The summed E-state index contributed by atoms with van der Waals surface area (Å²) < 4.78 is 0. The van der Waals surface area contributed by atoms with Crippen molar-refractivity contribution in [3.63, 3.8) is 0 Å². The molecule has 1 fully saturated rings. The molecule has 2 rings (SSSR count). The summed E-state index contributed by atoms with van der Waals surface area (Å²) in [5.41, 5.74) is 1.21. The van der Waals surface area contributed by atoms with Crippen molar-refractivity contribution >= 4 is 11.8 Å². The Morgan fingerprint density at radius 2 is 1.76 bits per heavy atom. The van der Waals surface area contributed by atoms with Crippen molar-refractivity contribution in [2.75, 3.05) is 46.3 Å². The van der Waals surface area contributed by atoms with Gasteiger partial charge in [-0.3, -0.25) is 19.4 Å². The molecule has 138 valence electrons. The maximum Gasteiger partial charge on any atom is 0.236 e. The second kappa shape index (κ2) is 9.53. The van der Waals surface area contributed by atoms with Gasteiger partial charge in [-0.05, 0) is 26.5 Å². The lowest BCUT2D eigenvalue weighted by Gasteiger charge is -2.35. The van der Waals surface area contributed by atoms with E-state index < -0.39 is 0 Å². The Kier molecular flexibility index (Phi) is 7.40. The standard InChI is InChI=1S/C19H30N4O2/c1-16(2)20-18(24)14-22-9-11-23(12-10-22)19(25)15-21(3)13-17-7-5-4-6-8-17/h4-8,16H,9-15H2,1-3H3,(H,20,24). The Morgan fingerprint density at radius 3 is 2.36 bits per heavy atom. The predicted octanol–water partition coefficient (Wildman–Crippen LogP) is 0.787. The van der Waals surface area contributed by atoms with Crippen LogP contribution in [0.2, 0.25) is 0 Å². The van der Waals surface area contributed by atoms with E-state index >= 15 is 0 Å². The summed E-state index contributed by atoms with van der Waals surface area (Å²) in [7, 11) is 1.97. The van der Waals surface area contributed by atoms with Crippen LogP contribution in [0.1, 0.15) is 19.4 Å². The third-order valence-electron chi connectivity index (χ3n) is 4.24. The van der Waals surface area contributed by atoms with Gasteiger partial charge >= 0.3 is 0 Å². The Morgan fingerprint density at radius 1 is 1.12 bits per heavy atom. The number of likely N-dealkylation sites (N-methyl/N-ethyl adjacent to an activating group) is 1. The molecule has 0 bridgehead atoms. The molecule has 0 radical (unpaired) electrons. The number of amides is 2. The summed E-state index contributed by atoms with van der Waals surface area (Å²) in [4.78, 5) is 30.3. The zero-order valence-electron chi connectivity index (χ0n) is 15.6. The van der Waals surface area contributed by atoms with Gasteiger partial charge in [0.15, 0.2) is 0 Å². The van der Waals surface area contributed by atoms with Gasteiger partial charge in [0.1, 0.15) is 0 Å². The highest BCUT2D eigenvalue weighted by molar-refractivity contribution is 5.79. The second-order valence-electron chi connectivity index (χ2n) is 7.04. The average Bonchev–Trinajstić information content (AvgIpc) is 2.55. The lowest BCUT2D eigenvalue weighted by atomic mass is 10.2. The Hall–Kier alpha value is -1.92. The Labute approximate surface area is 150 Å². The number of carbonyl (C=O) groups excluding carboxylic acids is 2. The molecule has 0 aromatic heterocycles. The molecule has 0 aliphatic carbocycles. The highest BCUT2D eigenvalue weighted by Gasteiger charge is 2.23. The molecular weight excluding hydrogens is 316 g/mol. The summed E-state index contributed by atoms with van der Waals surface area (Å²) in [6, 6.07) is 10.3. The van der Waals surface area contributed by atoms with E-state index in [1.54, 1.807) is 0 Å². The number of hydrogen-bond acceptors (Lipinski definition) is 4. The van der Waals surface area contributed by atoms with Crippen molar-refractivity contribution in [1.82, 2.24) is 20.0 Å². The molecule has 0 atom stereocenters. The highest BCUT2D eigenvalue weighted by atomic mass is 16.2. The van der Waals surface area contributed by atoms with E-state index in [0.29, 0.717) is 26.2 Å². The normalized spacial score (nSPS) is 15.6. The van der Waals surface area contributed by atoms with E-state index in [1.165, 1.54) is 5.56 Å². The van der Waals surface area contributed by atoms with Gasteiger partial charge in [0.2, 0.25) is 11.8 Å². The van der Waals surface area contributed by atoms with E-state index in [0.717, 1.165) is 19.6 Å². The number of nitrogens with one attached hydrogen (secondary N) is 1. The fraction of sp³-hybridized carbons (Fsp3) is 0.579. The smallest absolute Gasteiger partial charge is 0.236 e. The minimum absolute atomic E-state index is 0.0531. The van der Waals surface area contributed by atoms with E-state index in [-0.39, 0.29) is 17.9 Å². The zero-order chi connectivity index (χ0) is 18.2. The average molecular weight is 346 g/mol. The van der Waals surface area contributed by atoms with Crippen LogP contribution >= 0.6 is 0 Å². The first kappa shape index (κ1) is 19.4. The molecule has 0 saturated carbocycles. The van der Waals surface area contributed by atoms with Gasteiger partial charge in [-0.15, -0.1) is 0 Å². The molecular formula is C19H30N4O2. The molecule has 1 aliphatic rings. The molecule has 1 heterocycles. The van der Waals surface area contributed by atoms with Gasteiger partial charge in [0.25, 0.3) is 0 Å². The number of carbonyl (C=O) groups is 2. The first-order chi connectivity index (χ1) is 11.9. The molecule has 25 heavy (non-hydrogen) atoms. The summed E-state index contributed by atoms with van der Waals surface area (Å²) >= 11 is 0. The fourth-order valence-corrected chi connectivity index (χ4v) is 3.01. The van der Waals surface area contributed by atoms with Crippen molar-refractivity contribution in [1.29, 1.82) is 0 Å². The summed E-state index contributed by atoms with van der Waals surface area (Å²) in [6.45, 7) is 8.39. The molecule has 6 heteroatoms. The van der Waals surface area contributed by atoms with Crippen LogP contribution in [-0.4, -0.2) is 78.9 Å². The van der Waals surface area contributed by atoms with Gasteiger partial charge < -0.3 is 10.2 Å². The Balaban J connectivity index is 1.71. The molecule has 1 saturated heterocycles. The zero-order valence-corrected chi connectivity index (χ0v) is 15.6. The number of piperazine rings is 1. The molecule has 1 N–H and O–H groups in total. The molecule has 1 aromatic carbocycles. The van der Waals surface area contributed by atoms with Crippen LogP contribution in [0, 0.1) is 0 Å². The number of benzene rings is 1. The Bertz CT molecular complexity index is 554. The molecule has 1 aliphatic heterocycles. The van der Waals surface area contributed by atoms with Crippen LogP contribution in [-0.2, 0) is 16.1 Å². The van der Waals surface area contributed by atoms with Gasteiger partial charge in [0.05, 0.1) is 13.1 Å². The van der Waals surface area contributed by atoms with Crippen molar-refractivity contribution in [3.05, 3.63) is 35.9 Å². The van der Waals surface area contributed by atoms with Gasteiger partial charge in [-0.2, -0.15) is 0 Å². The third kappa shape index (κ3) is 6.84. The largest absolute Gasteiger partial charge is 0.353 e. The molecule has 0 unspecified atom stereocenters. The van der Waals surface area contributed by atoms with E-state index in [2.05, 4.69) is 22.3 Å². The van der Waals surface area contributed by atoms with Crippen LogP contribution in [0.3, 0.4) is 0 Å². The molecule has 6 nitrogen and oxygen atoms in total. The van der Waals surface area contributed by atoms with E-state index in [1.807, 2.05) is 48.9 Å². The quantitative estimate of drug-likeness (QED) is 0.793. The van der Waals surface area contributed by atoms with Gasteiger partial charge in [-0.25, -0.2) is 0 Å². The lowest BCUT2D eigenvalue weighted by molar-refractivity contribution is -0.134. The minimum Gasteiger partial charge on any atom is -0.353 e. The SMILES string of the molecule is CC(C)NC(=O)CN1CCN(C(=O)CN(C)Cc2ccccc2)CC1. The molecule has 0 spiro atoms. The molecule has 2 amide bonds. The van der Waals surface area contributed by atoms with E-state index in [9.17, 15) is 9.59 Å². The monoisotopic (exact) mass is 346 g/mol.